The molecule has 2 N–H and O–H groups in total. The zero-order valence-electron chi connectivity index (χ0n) is 11.9. The second-order valence-corrected chi connectivity index (χ2v) is 5.77. The van der Waals surface area contributed by atoms with E-state index in [0.717, 1.165) is 18.4 Å². The van der Waals surface area contributed by atoms with Crippen molar-refractivity contribution in [3.05, 3.63) is 35.9 Å². The fourth-order valence-corrected chi connectivity index (χ4v) is 2.50. The SMILES string of the molecule is CC(C)NC(CO)(COC1CCC1)c1ccccc1. The van der Waals surface area contributed by atoms with Crippen molar-refractivity contribution in [2.45, 2.75) is 50.8 Å². The summed E-state index contributed by atoms with van der Waals surface area (Å²) in [5, 5.41) is 13.4. The first kappa shape index (κ1) is 14.5. The largest absolute Gasteiger partial charge is 0.394 e. The number of hydrogen-bond donors (Lipinski definition) is 2. The highest BCUT2D eigenvalue weighted by molar-refractivity contribution is 5.25. The van der Waals surface area contributed by atoms with Crippen molar-refractivity contribution in [3.8, 4) is 0 Å². The lowest BCUT2D eigenvalue weighted by atomic mass is 9.89. The molecule has 2 rings (SSSR count). The van der Waals surface area contributed by atoms with Gasteiger partial charge in [0.05, 0.1) is 24.9 Å². The summed E-state index contributed by atoms with van der Waals surface area (Å²) >= 11 is 0. The number of aliphatic hydroxyl groups excluding tert-OH is 1. The maximum Gasteiger partial charge on any atom is 0.0908 e. The molecule has 0 radical (unpaired) electrons. The summed E-state index contributed by atoms with van der Waals surface area (Å²) in [4.78, 5) is 0. The fourth-order valence-electron chi connectivity index (χ4n) is 2.50. The second kappa shape index (κ2) is 6.51. The molecule has 0 saturated heterocycles. The lowest BCUT2D eigenvalue weighted by Crippen LogP contribution is -2.53. The Balaban J connectivity index is 2.14. The van der Waals surface area contributed by atoms with E-state index in [1.165, 1.54) is 6.42 Å². The molecule has 106 valence electrons. The molecule has 0 heterocycles. The van der Waals surface area contributed by atoms with Gasteiger partial charge in [0.2, 0.25) is 0 Å². The highest BCUT2D eigenvalue weighted by Gasteiger charge is 2.34. The summed E-state index contributed by atoms with van der Waals surface area (Å²) in [5.41, 5.74) is 0.593. The predicted molar refractivity (Wildman–Crippen MR) is 77.1 cm³/mol. The Hall–Kier alpha value is -0.900. The summed E-state index contributed by atoms with van der Waals surface area (Å²) < 4.78 is 5.97. The molecule has 0 amide bonds. The van der Waals surface area contributed by atoms with Crippen LogP contribution in [0, 0.1) is 0 Å². The summed E-state index contributed by atoms with van der Waals surface area (Å²) in [6.07, 6.45) is 3.94. The minimum Gasteiger partial charge on any atom is -0.394 e. The predicted octanol–water partition coefficient (Wildman–Crippen LogP) is 2.44. The average molecular weight is 263 g/mol. The first-order valence-electron chi connectivity index (χ1n) is 7.22. The molecule has 1 aliphatic carbocycles. The van der Waals surface area contributed by atoms with Crippen molar-refractivity contribution in [3.63, 3.8) is 0 Å². The maximum atomic E-state index is 9.94. The first-order valence-corrected chi connectivity index (χ1v) is 7.22. The standard InChI is InChI=1S/C16H25NO2/c1-13(2)17-16(11-18,12-19-15-9-6-10-15)14-7-4-3-5-8-14/h3-5,7-8,13,15,17-18H,6,9-12H2,1-2H3. The lowest BCUT2D eigenvalue weighted by Gasteiger charge is -2.38. The van der Waals surface area contributed by atoms with Crippen molar-refractivity contribution in [2.75, 3.05) is 13.2 Å². The summed E-state index contributed by atoms with van der Waals surface area (Å²) in [5.74, 6) is 0. The summed E-state index contributed by atoms with van der Waals surface area (Å²) in [7, 11) is 0. The van der Waals surface area contributed by atoms with Crippen molar-refractivity contribution < 1.29 is 9.84 Å². The van der Waals surface area contributed by atoms with Gasteiger partial charge >= 0.3 is 0 Å². The third-order valence-corrected chi connectivity index (χ3v) is 3.78. The lowest BCUT2D eigenvalue weighted by molar-refractivity contribution is -0.0463. The molecule has 0 aromatic heterocycles. The summed E-state index contributed by atoms with van der Waals surface area (Å²) in [6, 6.07) is 10.4. The van der Waals surface area contributed by atoms with Gasteiger partial charge in [0.25, 0.3) is 0 Å². The van der Waals surface area contributed by atoms with Gasteiger partial charge in [-0.25, -0.2) is 0 Å². The highest BCUT2D eigenvalue weighted by atomic mass is 16.5. The van der Waals surface area contributed by atoms with Gasteiger partial charge in [0, 0.05) is 6.04 Å². The van der Waals surface area contributed by atoms with Crippen LogP contribution in [0.1, 0.15) is 38.7 Å². The van der Waals surface area contributed by atoms with Gasteiger partial charge in [0.1, 0.15) is 0 Å². The van der Waals surface area contributed by atoms with E-state index in [0.29, 0.717) is 12.7 Å². The van der Waals surface area contributed by atoms with Gasteiger partial charge in [-0.15, -0.1) is 0 Å². The zero-order chi connectivity index (χ0) is 13.7. The van der Waals surface area contributed by atoms with E-state index in [1.54, 1.807) is 0 Å². The minimum atomic E-state index is -0.495. The van der Waals surface area contributed by atoms with Gasteiger partial charge in [0.15, 0.2) is 0 Å². The Morgan fingerprint density at radius 1 is 1.32 bits per heavy atom. The topological polar surface area (TPSA) is 41.5 Å². The van der Waals surface area contributed by atoms with Crippen LogP contribution in [0.4, 0.5) is 0 Å². The third kappa shape index (κ3) is 3.56. The Morgan fingerprint density at radius 3 is 2.47 bits per heavy atom. The highest BCUT2D eigenvalue weighted by Crippen LogP contribution is 2.27. The molecule has 1 atom stereocenters. The van der Waals surface area contributed by atoms with E-state index in [2.05, 4.69) is 31.3 Å². The number of nitrogens with one attached hydrogen (secondary N) is 1. The average Bonchev–Trinajstić information content (AvgIpc) is 2.36. The smallest absolute Gasteiger partial charge is 0.0908 e. The maximum absolute atomic E-state index is 9.94. The van der Waals surface area contributed by atoms with Gasteiger partial charge in [-0.2, -0.15) is 0 Å². The molecule has 1 aromatic carbocycles. The van der Waals surface area contributed by atoms with Gasteiger partial charge in [-0.1, -0.05) is 30.3 Å². The van der Waals surface area contributed by atoms with Gasteiger partial charge in [-0.3, -0.25) is 0 Å². The molecule has 1 aliphatic rings. The van der Waals surface area contributed by atoms with Crippen LogP contribution in [0.5, 0.6) is 0 Å². The van der Waals surface area contributed by atoms with Gasteiger partial charge < -0.3 is 15.2 Å². The molecule has 19 heavy (non-hydrogen) atoms. The molecular formula is C16H25NO2. The Bertz CT molecular complexity index is 376. The molecule has 3 nitrogen and oxygen atoms in total. The number of ether oxygens (including phenoxy) is 1. The van der Waals surface area contributed by atoms with Crippen LogP contribution in [0.2, 0.25) is 0 Å². The van der Waals surface area contributed by atoms with E-state index in [9.17, 15) is 5.11 Å². The molecule has 1 aromatic rings. The Morgan fingerprint density at radius 2 is 2.00 bits per heavy atom. The Labute approximate surface area is 116 Å². The van der Waals surface area contributed by atoms with Crippen molar-refractivity contribution >= 4 is 0 Å². The van der Waals surface area contributed by atoms with E-state index < -0.39 is 5.54 Å². The molecule has 0 aliphatic heterocycles. The van der Waals surface area contributed by atoms with Crippen LogP contribution < -0.4 is 5.32 Å². The van der Waals surface area contributed by atoms with Crippen LogP contribution >= 0.6 is 0 Å². The molecule has 1 fully saturated rings. The zero-order valence-corrected chi connectivity index (χ0v) is 11.9. The number of hydrogen-bond acceptors (Lipinski definition) is 3. The van der Waals surface area contributed by atoms with Crippen LogP contribution in [0.15, 0.2) is 30.3 Å². The van der Waals surface area contributed by atoms with E-state index in [1.807, 2.05) is 18.2 Å². The van der Waals surface area contributed by atoms with E-state index in [-0.39, 0.29) is 12.6 Å². The molecule has 0 spiro atoms. The molecule has 1 saturated carbocycles. The second-order valence-electron chi connectivity index (χ2n) is 5.77. The normalized spacial score (nSPS) is 19.2. The van der Waals surface area contributed by atoms with Crippen molar-refractivity contribution in [1.82, 2.24) is 5.32 Å². The van der Waals surface area contributed by atoms with Crippen LogP contribution in [0.3, 0.4) is 0 Å². The van der Waals surface area contributed by atoms with Crippen molar-refractivity contribution in [2.24, 2.45) is 0 Å². The number of rotatable bonds is 7. The fraction of sp³-hybridized carbons (Fsp3) is 0.625. The first-order chi connectivity index (χ1) is 9.16. The van der Waals surface area contributed by atoms with Crippen LogP contribution in [-0.2, 0) is 10.3 Å². The monoisotopic (exact) mass is 263 g/mol. The van der Waals surface area contributed by atoms with E-state index >= 15 is 0 Å². The number of benzene rings is 1. The molecule has 0 bridgehead atoms. The van der Waals surface area contributed by atoms with Crippen LogP contribution in [0.25, 0.3) is 0 Å². The van der Waals surface area contributed by atoms with Crippen LogP contribution in [-0.4, -0.2) is 30.5 Å². The van der Waals surface area contributed by atoms with Gasteiger partial charge in [-0.05, 0) is 38.7 Å². The third-order valence-electron chi connectivity index (χ3n) is 3.78. The number of aliphatic hydroxyl groups is 1. The summed E-state index contributed by atoms with van der Waals surface area (Å²) in [6.45, 7) is 4.76. The molecule has 3 heteroatoms. The minimum absolute atomic E-state index is 0.0436. The molecular weight excluding hydrogens is 238 g/mol. The van der Waals surface area contributed by atoms with E-state index in [4.69, 9.17) is 4.74 Å². The molecule has 1 unspecified atom stereocenters. The quantitative estimate of drug-likeness (QED) is 0.794. The van der Waals surface area contributed by atoms with Crippen molar-refractivity contribution in [1.29, 1.82) is 0 Å². The Kier molecular flexibility index (Phi) is 4.97.